The van der Waals surface area contributed by atoms with Gasteiger partial charge in [-0.1, -0.05) is 6.07 Å². The van der Waals surface area contributed by atoms with E-state index >= 15 is 0 Å². The SMILES string of the molecule is CC(=O)CN1CC(c2ccc3c(c2C)OCO3)[C@@H](C(=O)O)C1C. The third kappa shape index (κ3) is 2.67. The Bertz CT molecular complexity index is 657. The van der Waals surface area contributed by atoms with E-state index in [0.717, 1.165) is 11.1 Å². The average Bonchev–Trinajstić information content (AvgIpc) is 3.05. The number of carboxylic acid groups (broad SMARTS) is 1. The highest BCUT2D eigenvalue weighted by atomic mass is 16.7. The maximum atomic E-state index is 11.8. The van der Waals surface area contributed by atoms with Crippen molar-refractivity contribution in [3.8, 4) is 11.5 Å². The number of Topliss-reactive ketones (excluding diaryl/α,β-unsaturated/α-hetero) is 1. The minimum Gasteiger partial charge on any atom is -0.481 e. The zero-order chi connectivity index (χ0) is 16.7. The molecule has 124 valence electrons. The van der Waals surface area contributed by atoms with Gasteiger partial charge in [-0.15, -0.1) is 0 Å². The Morgan fingerprint density at radius 1 is 1.35 bits per heavy atom. The van der Waals surface area contributed by atoms with Gasteiger partial charge in [0.05, 0.1) is 12.5 Å². The molecular formula is C17H21NO5. The molecule has 3 rings (SSSR count). The van der Waals surface area contributed by atoms with Crippen LogP contribution in [0.1, 0.15) is 30.9 Å². The third-order valence-corrected chi connectivity index (χ3v) is 4.90. The Hall–Kier alpha value is -2.08. The van der Waals surface area contributed by atoms with Crippen molar-refractivity contribution >= 4 is 11.8 Å². The highest BCUT2D eigenvalue weighted by Crippen LogP contribution is 2.44. The number of ether oxygens (including phenoxy) is 2. The zero-order valence-electron chi connectivity index (χ0n) is 13.5. The van der Waals surface area contributed by atoms with Crippen molar-refractivity contribution in [3.63, 3.8) is 0 Å². The number of likely N-dealkylation sites (tertiary alicyclic amines) is 1. The van der Waals surface area contributed by atoms with Crippen LogP contribution in [0.5, 0.6) is 11.5 Å². The quantitative estimate of drug-likeness (QED) is 0.912. The molecule has 0 radical (unpaired) electrons. The molecule has 0 aliphatic carbocycles. The summed E-state index contributed by atoms with van der Waals surface area (Å²) in [6.45, 7) is 6.37. The van der Waals surface area contributed by atoms with Gasteiger partial charge in [0.1, 0.15) is 5.78 Å². The molecule has 2 unspecified atom stereocenters. The molecule has 0 aromatic heterocycles. The van der Waals surface area contributed by atoms with Gasteiger partial charge in [-0.25, -0.2) is 0 Å². The number of carbonyl (C=O) groups excluding carboxylic acids is 1. The summed E-state index contributed by atoms with van der Waals surface area (Å²) < 4.78 is 10.9. The van der Waals surface area contributed by atoms with Gasteiger partial charge < -0.3 is 14.6 Å². The predicted molar refractivity (Wildman–Crippen MR) is 82.9 cm³/mol. The highest BCUT2D eigenvalue weighted by Gasteiger charge is 2.45. The zero-order valence-corrected chi connectivity index (χ0v) is 13.5. The largest absolute Gasteiger partial charge is 0.481 e. The lowest BCUT2D eigenvalue weighted by Gasteiger charge is -2.21. The van der Waals surface area contributed by atoms with E-state index in [1.165, 1.54) is 6.92 Å². The van der Waals surface area contributed by atoms with E-state index in [1.807, 2.05) is 30.9 Å². The number of ketones is 1. The van der Waals surface area contributed by atoms with Crippen LogP contribution in [0.15, 0.2) is 12.1 Å². The van der Waals surface area contributed by atoms with Crippen molar-refractivity contribution in [2.24, 2.45) is 5.92 Å². The van der Waals surface area contributed by atoms with Crippen LogP contribution < -0.4 is 9.47 Å². The van der Waals surface area contributed by atoms with Gasteiger partial charge in [0.25, 0.3) is 0 Å². The van der Waals surface area contributed by atoms with Crippen molar-refractivity contribution in [2.75, 3.05) is 19.9 Å². The Balaban J connectivity index is 1.97. The molecule has 23 heavy (non-hydrogen) atoms. The maximum absolute atomic E-state index is 11.8. The van der Waals surface area contributed by atoms with Crippen LogP contribution in [0.3, 0.4) is 0 Å². The van der Waals surface area contributed by atoms with Gasteiger partial charge in [0, 0.05) is 18.5 Å². The average molecular weight is 319 g/mol. The van der Waals surface area contributed by atoms with Gasteiger partial charge >= 0.3 is 5.97 Å². The van der Waals surface area contributed by atoms with E-state index in [2.05, 4.69) is 0 Å². The van der Waals surface area contributed by atoms with Gasteiger partial charge in [0.2, 0.25) is 6.79 Å². The topological polar surface area (TPSA) is 76.1 Å². The van der Waals surface area contributed by atoms with Gasteiger partial charge in [-0.3, -0.25) is 14.5 Å². The second-order valence-electron chi connectivity index (χ2n) is 6.36. The van der Waals surface area contributed by atoms with Crippen molar-refractivity contribution in [1.29, 1.82) is 0 Å². The Morgan fingerprint density at radius 3 is 2.74 bits per heavy atom. The molecule has 2 aliphatic rings. The van der Waals surface area contributed by atoms with E-state index < -0.39 is 11.9 Å². The van der Waals surface area contributed by atoms with Crippen molar-refractivity contribution in [3.05, 3.63) is 23.3 Å². The number of aliphatic carboxylic acids is 1. The number of carbonyl (C=O) groups is 2. The summed E-state index contributed by atoms with van der Waals surface area (Å²) in [6.07, 6.45) is 0. The van der Waals surface area contributed by atoms with Crippen molar-refractivity contribution < 1.29 is 24.2 Å². The fourth-order valence-corrected chi connectivity index (χ4v) is 3.79. The Kier molecular flexibility index (Phi) is 4.02. The molecule has 0 amide bonds. The fourth-order valence-electron chi connectivity index (χ4n) is 3.79. The first kappa shape index (κ1) is 15.8. The molecule has 1 saturated heterocycles. The third-order valence-electron chi connectivity index (χ3n) is 4.90. The molecule has 1 aromatic carbocycles. The second kappa shape index (κ2) is 5.85. The van der Waals surface area contributed by atoms with Crippen molar-refractivity contribution in [2.45, 2.75) is 32.7 Å². The summed E-state index contributed by atoms with van der Waals surface area (Å²) in [5.41, 5.74) is 1.88. The lowest BCUT2D eigenvalue weighted by Crippen LogP contribution is -2.36. The van der Waals surface area contributed by atoms with Gasteiger partial charge in [-0.2, -0.15) is 0 Å². The number of fused-ring (bicyclic) bond motifs is 1. The number of rotatable bonds is 4. The first-order valence-electron chi connectivity index (χ1n) is 7.75. The molecular weight excluding hydrogens is 298 g/mol. The molecule has 1 N–H and O–H groups in total. The molecule has 1 aromatic rings. The Morgan fingerprint density at radius 2 is 2.09 bits per heavy atom. The first-order valence-corrected chi connectivity index (χ1v) is 7.75. The second-order valence-corrected chi connectivity index (χ2v) is 6.36. The lowest BCUT2D eigenvalue weighted by atomic mass is 9.83. The van der Waals surface area contributed by atoms with Crippen LogP contribution in [0.4, 0.5) is 0 Å². The minimum atomic E-state index is -0.828. The van der Waals surface area contributed by atoms with Crippen LogP contribution in [0, 0.1) is 12.8 Å². The van der Waals surface area contributed by atoms with Crippen LogP contribution in [0.25, 0.3) is 0 Å². The van der Waals surface area contributed by atoms with Crippen LogP contribution in [-0.2, 0) is 9.59 Å². The standard InChI is InChI=1S/C17H21NO5/c1-9(19)6-18-7-13(15(11(18)3)17(20)21)12-4-5-14-16(10(12)2)23-8-22-14/h4-5,11,13,15H,6-8H2,1-3H3,(H,20,21)/t11?,13?,15-/m0/s1. The van der Waals surface area contributed by atoms with Crippen LogP contribution in [0.2, 0.25) is 0 Å². The smallest absolute Gasteiger partial charge is 0.308 e. The molecule has 0 bridgehead atoms. The normalized spacial score (nSPS) is 26.5. The van der Waals surface area contributed by atoms with Crippen LogP contribution in [-0.4, -0.2) is 47.7 Å². The molecule has 0 spiro atoms. The minimum absolute atomic E-state index is 0.0454. The number of benzene rings is 1. The monoisotopic (exact) mass is 319 g/mol. The molecule has 0 saturated carbocycles. The number of hydrogen-bond donors (Lipinski definition) is 1. The molecule has 2 heterocycles. The molecule has 2 aliphatic heterocycles. The number of carboxylic acids is 1. The summed E-state index contributed by atoms with van der Waals surface area (Å²) in [7, 11) is 0. The summed E-state index contributed by atoms with van der Waals surface area (Å²) in [5.74, 6) is -0.103. The Labute approximate surface area is 135 Å². The fraction of sp³-hybridized carbons (Fsp3) is 0.529. The maximum Gasteiger partial charge on any atom is 0.308 e. The summed E-state index contributed by atoms with van der Waals surface area (Å²) in [4.78, 5) is 25.2. The van der Waals surface area contributed by atoms with Crippen molar-refractivity contribution in [1.82, 2.24) is 4.90 Å². The van der Waals surface area contributed by atoms with Crippen LogP contribution >= 0.6 is 0 Å². The predicted octanol–water partition coefficient (Wildman–Crippen LogP) is 1.80. The number of nitrogens with zero attached hydrogens (tertiary/aromatic N) is 1. The van der Waals surface area contributed by atoms with E-state index in [9.17, 15) is 14.7 Å². The molecule has 6 heteroatoms. The van der Waals surface area contributed by atoms with E-state index in [-0.39, 0.29) is 31.1 Å². The summed E-state index contributed by atoms with van der Waals surface area (Å²) in [6, 6.07) is 3.57. The molecule has 6 nitrogen and oxygen atoms in total. The highest BCUT2D eigenvalue weighted by molar-refractivity contribution is 5.78. The summed E-state index contributed by atoms with van der Waals surface area (Å²) in [5, 5.41) is 9.68. The number of hydrogen-bond acceptors (Lipinski definition) is 5. The van der Waals surface area contributed by atoms with Gasteiger partial charge in [0.15, 0.2) is 11.5 Å². The lowest BCUT2D eigenvalue weighted by molar-refractivity contribution is -0.143. The summed E-state index contributed by atoms with van der Waals surface area (Å²) >= 11 is 0. The van der Waals surface area contributed by atoms with E-state index in [1.54, 1.807) is 0 Å². The van der Waals surface area contributed by atoms with E-state index in [0.29, 0.717) is 18.0 Å². The first-order chi connectivity index (χ1) is 10.9. The molecule has 3 atom stereocenters. The van der Waals surface area contributed by atoms with Gasteiger partial charge in [-0.05, 0) is 38.0 Å². The van der Waals surface area contributed by atoms with E-state index in [4.69, 9.17) is 9.47 Å². The molecule has 1 fully saturated rings.